The highest BCUT2D eigenvalue weighted by molar-refractivity contribution is 5.69. The molecule has 0 aromatic carbocycles. The molecule has 1 aliphatic heterocycles. The van der Waals surface area contributed by atoms with E-state index in [4.69, 9.17) is 0 Å². The Kier molecular flexibility index (Phi) is 4.67. The Hall–Kier alpha value is -1.83. The lowest BCUT2D eigenvalue weighted by atomic mass is 10.1. The molecular weight excluding hydrogens is 319 g/mol. The molecular formula is C16H22F3N5. The van der Waals surface area contributed by atoms with Crippen LogP contribution in [0.4, 0.5) is 19.0 Å². The Bertz CT molecular complexity index is 697. The second-order valence-corrected chi connectivity index (χ2v) is 6.41. The van der Waals surface area contributed by atoms with Crippen molar-refractivity contribution in [2.24, 2.45) is 5.92 Å². The van der Waals surface area contributed by atoms with E-state index in [1.807, 2.05) is 19.2 Å². The average molecular weight is 341 g/mol. The van der Waals surface area contributed by atoms with Crippen molar-refractivity contribution in [3.8, 4) is 0 Å². The number of aromatic nitrogens is 3. The molecule has 1 aliphatic rings. The van der Waals surface area contributed by atoms with Gasteiger partial charge in [0, 0.05) is 32.0 Å². The zero-order valence-electron chi connectivity index (χ0n) is 13.9. The smallest absolute Gasteiger partial charge is 0.354 e. The normalized spacial score (nSPS) is 18.9. The molecule has 1 atom stereocenters. The summed E-state index contributed by atoms with van der Waals surface area (Å²) in [6.45, 7) is 5.28. The monoisotopic (exact) mass is 341 g/mol. The van der Waals surface area contributed by atoms with Crippen LogP contribution in [0.2, 0.25) is 0 Å². The lowest BCUT2D eigenvalue weighted by Gasteiger charge is -2.25. The number of alkyl halides is 3. The molecule has 0 spiro atoms. The van der Waals surface area contributed by atoms with E-state index in [0.717, 1.165) is 36.5 Å². The predicted molar refractivity (Wildman–Crippen MR) is 86.2 cm³/mol. The topological polar surface area (TPSA) is 36.7 Å². The molecule has 1 saturated heterocycles. The lowest BCUT2D eigenvalue weighted by molar-refractivity contribution is -0.146. The van der Waals surface area contributed by atoms with Crippen molar-refractivity contribution in [1.82, 2.24) is 19.5 Å². The quantitative estimate of drug-likeness (QED) is 0.838. The number of aryl methyl sites for hydroxylation is 1. The van der Waals surface area contributed by atoms with Gasteiger partial charge in [-0.25, -0.2) is 9.50 Å². The van der Waals surface area contributed by atoms with Crippen molar-refractivity contribution in [1.29, 1.82) is 0 Å². The van der Waals surface area contributed by atoms with Crippen LogP contribution >= 0.6 is 0 Å². The number of fused-ring (bicyclic) bond motifs is 1. The van der Waals surface area contributed by atoms with Gasteiger partial charge in [0.25, 0.3) is 0 Å². The second kappa shape index (κ2) is 6.58. The molecule has 0 saturated carbocycles. The summed E-state index contributed by atoms with van der Waals surface area (Å²) >= 11 is 0. The molecule has 3 heterocycles. The molecule has 1 fully saturated rings. The van der Waals surface area contributed by atoms with Gasteiger partial charge in [0.2, 0.25) is 0 Å². The molecule has 0 amide bonds. The summed E-state index contributed by atoms with van der Waals surface area (Å²) in [4.78, 5) is 8.10. The number of rotatable bonds is 5. The standard InChI is InChI=1S/C16H22F3N5/c1-3-22(11-16(17,18)19)9-13-4-6-23(10-13)15-14-8-12(2)21-24(14)7-5-20-15/h5,7-8,13H,3-4,6,9-11H2,1-2H3. The Morgan fingerprint density at radius 1 is 1.38 bits per heavy atom. The van der Waals surface area contributed by atoms with E-state index in [2.05, 4.69) is 15.0 Å². The van der Waals surface area contributed by atoms with Crippen molar-refractivity contribution in [2.45, 2.75) is 26.4 Å². The second-order valence-electron chi connectivity index (χ2n) is 6.41. The molecule has 0 N–H and O–H groups in total. The molecule has 3 rings (SSSR count). The van der Waals surface area contributed by atoms with Crippen LogP contribution in [0, 0.1) is 12.8 Å². The summed E-state index contributed by atoms with van der Waals surface area (Å²) in [6.07, 6.45) is 0.256. The van der Waals surface area contributed by atoms with Crippen molar-refractivity contribution in [3.05, 3.63) is 24.2 Å². The van der Waals surface area contributed by atoms with E-state index in [-0.39, 0.29) is 5.92 Å². The first-order valence-corrected chi connectivity index (χ1v) is 8.20. The molecule has 5 nitrogen and oxygen atoms in total. The minimum Gasteiger partial charge on any atom is -0.354 e. The highest BCUT2D eigenvalue weighted by atomic mass is 19.4. The SMILES string of the molecule is CCN(CC1CCN(c2nccn3nc(C)cc23)C1)CC(F)(F)F. The van der Waals surface area contributed by atoms with Crippen LogP contribution in [0.25, 0.3) is 5.52 Å². The average Bonchev–Trinajstić information content (AvgIpc) is 3.10. The Morgan fingerprint density at radius 2 is 2.17 bits per heavy atom. The van der Waals surface area contributed by atoms with Gasteiger partial charge >= 0.3 is 6.18 Å². The Labute approximate surface area is 139 Å². The fourth-order valence-corrected chi connectivity index (χ4v) is 3.37. The van der Waals surface area contributed by atoms with E-state index >= 15 is 0 Å². The summed E-state index contributed by atoms with van der Waals surface area (Å²) in [5.74, 6) is 1.08. The first-order chi connectivity index (χ1) is 11.4. The molecule has 0 aliphatic carbocycles. The molecule has 24 heavy (non-hydrogen) atoms. The van der Waals surface area contributed by atoms with Gasteiger partial charge < -0.3 is 4.90 Å². The number of nitrogens with zero attached hydrogens (tertiary/aromatic N) is 5. The van der Waals surface area contributed by atoms with Gasteiger partial charge in [-0.3, -0.25) is 4.90 Å². The fraction of sp³-hybridized carbons (Fsp3) is 0.625. The van der Waals surface area contributed by atoms with Gasteiger partial charge in [-0.05, 0) is 31.9 Å². The minimum absolute atomic E-state index is 0.221. The maximum Gasteiger partial charge on any atom is 0.401 e. The molecule has 1 unspecified atom stereocenters. The van der Waals surface area contributed by atoms with Gasteiger partial charge in [0.15, 0.2) is 5.82 Å². The number of hydrogen-bond acceptors (Lipinski definition) is 4. The van der Waals surface area contributed by atoms with Gasteiger partial charge in [-0.2, -0.15) is 18.3 Å². The third-order valence-electron chi connectivity index (χ3n) is 4.44. The van der Waals surface area contributed by atoms with Crippen LogP contribution in [-0.4, -0.2) is 58.4 Å². The number of halogens is 3. The van der Waals surface area contributed by atoms with E-state index in [0.29, 0.717) is 13.1 Å². The van der Waals surface area contributed by atoms with Crippen LogP contribution in [0.3, 0.4) is 0 Å². The Balaban J connectivity index is 1.68. The third-order valence-corrected chi connectivity index (χ3v) is 4.44. The van der Waals surface area contributed by atoms with Crippen molar-refractivity contribution in [2.75, 3.05) is 37.6 Å². The van der Waals surface area contributed by atoms with Crippen LogP contribution in [0.1, 0.15) is 19.0 Å². The van der Waals surface area contributed by atoms with E-state index < -0.39 is 12.7 Å². The van der Waals surface area contributed by atoms with Crippen LogP contribution < -0.4 is 4.90 Å². The first-order valence-electron chi connectivity index (χ1n) is 8.20. The molecule has 0 bridgehead atoms. The number of hydrogen-bond donors (Lipinski definition) is 0. The highest BCUT2D eigenvalue weighted by Gasteiger charge is 2.33. The number of anilines is 1. The lowest BCUT2D eigenvalue weighted by Crippen LogP contribution is -2.38. The molecule has 0 radical (unpaired) electrons. The summed E-state index contributed by atoms with van der Waals surface area (Å²) in [5.41, 5.74) is 1.86. The fourth-order valence-electron chi connectivity index (χ4n) is 3.37. The minimum atomic E-state index is -4.14. The molecule has 8 heteroatoms. The summed E-state index contributed by atoms with van der Waals surface area (Å²) < 4.78 is 39.6. The highest BCUT2D eigenvalue weighted by Crippen LogP contribution is 2.27. The van der Waals surface area contributed by atoms with E-state index in [1.54, 1.807) is 17.6 Å². The summed E-state index contributed by atoms with van der Waals surface area (Å²) in [6, 6.07) is 1.98. The van der Waals surface area contributed by atoms with Gasteiger partial charge in [0.05, 0.1) is 12.2 Å². The maximum atomic E-state index is 12.6. The predicted octanol–water partition coefficient (Wildman–Crippen LogP) is 2.75. The zero-order chi connectivity index (χ0) is 17.3. The van der Waals surface area contributed by atoms with E-state index in [1.165, 1.54) is 4.90 Å². The van der Waals surface area contributed by atoms with E-state index in [9.17, 15) is 13.2 Å². The Morgan fingerprint density at radius 3 is 2.88 bits per heavy atom. The van der Waals surface area contributed by atoms with Crippen molar-refractivity contribution in [3.63, 3.8) is 0 Å². The van der Waals surface area contributed by atoms with Gasteiger partial charge in [-0.1, -0.05) is 6.92 Å². The third kappa shape index (κ3) is 3.80. The zero-order valence-corrected chi connectivity index (χ0v) is 13.9. The molecule has 2 aromatic heterocycles. The van der Waals surface area contributed by atoms with Crippen LogP contribution in [0.15, 0.2) is 18.5 Å². The summed E-state index contributed by atoms with van der Waals surface area (Å²) in [5, 5.41) is 4.38. The van der Waals surface area contributed by atoms with Gasteiger partial charge in [-0.15, -0.1) is 0 Å². The van der Waals surface area contributed by atoms with Crippen molar-refractivity contribution >= 4 is 11.3 Å². The maximum absolute atomic E-state index is 12.6. The van der Waals surface area contributed by atoms with Crippen LogP contribution in [-0.2, 0) is 0 Å². The van der Waals surface area contributed by atoms with Crippen LogP contribution in [0.5, 0.6) is 0 Å². The summed E-state index contributed by atoms with van der Waals surface area (Å²) in [7, 11) is 0. The van der Waals surface area contributed by atoms with Crippen molar-refractivity contribution < 1.29 is 13.2 Å². The van der Waals surface area contributed by atoms with Gasteiger partial charge in [0.1, 0.15) is 5.52 Å². The molecule has 132 valence electrons. The first kappa shape index (κ1) is 17.0. The largest absolute Gasteiger partial charge is 0.401 e. The molecule has 2 aromatic rings.